The summed E-state index contributed by atoms with van der Waals surface area (Å²) in [5.41, 5.74) is 3.25. The molecule has 28 heavy (non-hydrogen) atoms. The number of ether oxygens (including phenoxy) is 2. The molecule has 4 rings (SSSR count). The maximum atomic E-state index is 12.8. The minimum absolute atomic E-state index is 0.0598. The molecule has 7 nitrogen and oxygen atoms in total. The highest BCUT2D eigenvalue weighted by Gasteiger charge is 2.25. The summed E-state index contributed by atoms with van der Waals surface area (Å²) in [4.78, 5) is 12.4. The number of fused-ring (bicyclic) bond motifs is 2. The number of sulfonamides is 1. The summed E-state index contributed by atoms with van der Waals surface area (Å²) in [5, 5.41) is 2.79. The van der Waals surface area contributed by atoms with Crippen molar-refractivity contribution in [2.24, 2.45) is 0 Å². The Balaban J connectivity index is 1.44. The van der Waals surface area contributed by atoms with Crippen molar-refractivity contribution in [2.45, 2.75) is 24.2 Å². The standard InChI is InChI=1S/C20H22N2O5S/c1-22(13-20(23)21-16-6-5-14-3-2-4-15(14)11-16)28(24,25)17-7-8-18-19(12-17)27-10-9-26-18/h5-8,11-12H,2-4,9-10,13H2,1H3,(H,21,23). The normalized spacial score (nSPS) is 15.4. The molecule has 0 radical (unpaired) electrons. The van der Waals surface area contributed by atoms with E-state index in [0.29, 0.717) is 30.4 Å². The van der Waals surface area contributed by atoms with Gasteiger partial charge in [-0.1, -0.05) is 6.07 Å². The van der Waals surface area contributed by atoms with E-state index >= 15 is 0 Å². The van der Waals surface area contributed by atoms with E-state index < -0.39 is 10.0 Å². The molecule has 1 amide bonds. The first-order valence-electron chi connectivity index (χ1n) is 9.21. The van der Waals surface area contributed by atoms with Gasteiger partial charge >= 0.3 is 0 Å². The van der Waals surface area contributed by atoms with Crippen LogP contribution in [0.15, 0.2) is 41.3 Å². The Labute approximate surface area is 164 Å². The second kappa shape index (κ2) is 7.44. The number of carbonyl (C=O) groups excluding carboxylic acids is 1. The zero-order chi connectivity index (χ0) is 19.7. The Morgan fingerprint density at radius 1 is 1.04 bits per heavy atom. The number of rotatable bonds is 5. The fraction of sp³-hybridized carbons (Fsp3) is 0.350. The molecule has 0 spiro atoms. The van der Waals surface area contributed by atoms with Crippen LogP contribution in [0, 0.1) is 0 Å². The number of hydrogen-bond acceptors (Lipinski definition) is 5. The number of aryl methyl sites for hydroxylation is 2. The number of anilines is 1. The van der Waals surface area contributed by atoms with Gasteiger partial charge in [-0.05, 0) is 54.7 Å². The zero-order valence-electron chi connectivity index (χ0n) is 15.6. The first-order valence-corrected chi connectivity index (χ1v) is 10.6. The fourth-order valence-corrected chi connectivity index (χ4v) is 4.64. The van der Waals surface area contributed by atoms with Crippen LogP contribution in [0.2, 0.25) is 0 Å². The summed E-state index contributed by atoms with van der Waals surface area (Å²) in [6, 6.07) is 10.3. The summed E-state index contributed by atoms with van der Waals surface area (Å²) >= 11 is 0. The van der Waals surface area contributed by atoms with Crippen LogP contribution in [0.4, 0.5) is 5.69 Å². The lowest BCUT2D eigenvalue weighted by atomic mass is 10.1. The van der Waals surface area contributed by atoms with Gasteiger partial charge in [-0.25, -0.2) is 8.42 Å². The highest BCUT2D eigenvalue weighted by atomic mass is 32.2. The molecule has 1 heterocycles. The van der Waals surface area contributed by atoms with E-state index in [2.05, 4.69) is 5.32 Å². The summed E-state index contributed by atoms with van der Waals surface area (Å²) in [7, 11) is -2.45. The molecule has 0 bridgehead atoms. The summed E-state index contributed by atoms with van der Waals surface area (Å²) in [6.45, 7) is 0.519. The summed E-state index contributed by atoms with van der Waals surface area (Å²) in [6.07, 6.45) is 3.21. The highest BCUT2D eigenvalue weighted by Crippen LogP contribution is 2.33. The first kappa shape index (κ1) is 18.8. The third kappa shape index (κ3) is 3.70. The lowest BCUT2D eigenvalue weighted by molar-refractivity contribution is -0.116. The number of carbonyl (C=O) groups is 1. The number of nitrogens with one attached hydrogen (secondary N) is 1. The van der Waals surface area contributed by atoms with Gasteiger partial charge < -0.3 is 14.8 Å². The fourth-order valence-electron chi connectivity index (χ4n) is 3.50. The van der Waals surface area contributed by atoms with E-state index in [9.17, 15) is 13.2 Å². The second-order valence-corrected chi connectivity index (χ2v) is 9.00. The van der Waals surface area contributed by atoms with E-state index in [1.165, 1.54) is 30.3 Å². The largest absolute Gasteiger partial charge is 0.486 e. The van der Waals surface area contributed by atoms with Gasteiger partial charge in [-0.15, -0.1) is 0 Å². The van der Waals surface area contributed by atoms with E-state index in [-0.39, 0.29) is 17.3 Å². The Kier molecular flexibility index (Phi) is 4.99. The Hall–Kier alpha value is -2.58. The highest BCUT2D eigenvalue weighted by molar-refractivity contribution is 7.89. The van der Waals surface area contributed by atoms with Crippen molar-refractivity contribution in [2.75, 3.05) is 32.1 Å². The van der Waals surface area contributed by atoms with Crippen molar-refractivity contribution in [3.8, 4) is 11.5 Å². The Bertz CT molecular complexity index is 1020. The van der Waals surface area contributed by atoms with Crippen molar-refractivity contribution in [1.82, 2.24) is 4.31 Å². The molecule has 2 aliphatic rings. The van der Waals surface area contributed by atoms with Crippen molar-refractivity contribution in [1.29, 1.82) is 0 Å². The van der Waals surface area contributed by atoms with Crippen LogP contribution in [0.25, 0.3) is 0 Å². The van der Waals surface area contributed by atoms with Crippen molar-refractivity contribution >= 4 is 21.6 Å². The third-order valence-electron chi connectivity index (χ3n) is 4.97. The van der Waals surface area contributed by atoms with Crippen LogP contribution >= 0.6 is 0 Å². The summed E-state index contributed by atoms with van der Waals surface area (Å²) < 4.78 is 37.5. The van der Waals surface area contributed by atoms with Gasteiger partial charge in [0.1, 0.15) is 13.2 Å². The predicted molar refractivity (Wildman–Crippen MR) is 104 cm³/mol. The van der Waals surface area contributed by atoms with E-state index in [1.807, 2.05) is 18.2 Å². The smallest absolute Gasteiger partial charge is 0.243 e. The average Bonchev–Trinajstić information content (AvgIpc) is 3.15. The molecule has 0 fully saturated rings. The predicted octanol–water partition coefficient (Wildman–Crippen LogP) is 2.21. The molecule has 0 unspecified atom stereocenters. The number of hydrogen-bond donors (Lipinski definition) is 1. The molecule has 1 aliphatic carbocycles. The molecule has 0 saturated heterocycles. The molecule has 0 saturated carbocycles. The molecular formula is C20H22N2O5S. The topological polar surface area (TPSA) is 84.9 Å². The molecular weight excluding hydrogens is 380 g/mol. The van der Waals surface area contributed by atoms with Crippen LogP contribution in [0.5, 0.6) is 11.5 Å². The minimum atomic E-state index is -3.83. The van der Waals surface area contributed by atoms with Crippen LogP contribution in [-0.2, 0) is 27.7 Å². The molecule has 148 valence electrons. The monoisotopic (exact) mass is 402 g/mol. The van der Waals surface area contributed by atoms with E-state index in [0.717, 1.165) is 23.6 Å². The molecule has 0 atom stereocenters. The van der Waals surface area contributed by atoms with Gasteiger partial charge in [0.2, 0.25) is 15.9 Å². The van der Waals surface area contributed by atoms with Crippen molar-refractivity contribution < 1.29 is 22.7 Å². The number of benzene rings is 2. The van der Waals surface area contributed by atoms with Gasteiger partial charge in [0.05, 0.1) is 11.4 Å². The quantitative estimate of drug-likeness (QED) is 0.829. The van der Waals surface area contributed by atoms with E-state index in [1.54, 1.807) is 6.07 Å². The maximum Gasteiger partial charge on any atom is 0.243 e. The van der Waals surface area contributed by atoms with Crippen molar-refractivity contribution in [3.05, 3.63) is 47.5 Å². The summed E-state index contributed by atoms with van der Waals surface area (Å²) in [5.74, 6) is 0.520. The molecule has 2 aromatic rings. The van der Waals surface area contributed by atoms with Gasteiger partial charge in [-0.3, -0.25) is 4.79 Å². The van der Waals surface area contributed by atoms with Gasteiger partial charge in [0, 0.05) is 18.8 Å². The number of amides is 1. The van der Waals surface area contributed by atoms with Gasteiger partial charge in [0.25, 0.3) is 0 Å². The molecule has 0 aromatic heterocycles. The van der Waals surface area contributed by atoms with E-state index in [4.69, 9.17) is 9.47 Å². The SMILES string of the molecule is CN(CC(=O)Nc1ccc2c(c1)CCC2)S(=O)(=O)c1ccc2c(c1)OCCO2. The third-order valence-corrected chi connectivity index (χ3v) is 6.77. The van der Waals surface area contributed by atoms with Crippen LogP contribution in [0.1, 0.15) is 17.5 Å². The number of likely N-dealkylation sites (N-methyl/N-ethyl adjacent to an activating group) is 1. The van der Waals surface area contributed by atoms with Gasteiger partial charge in [0.15, 0.2) is 11.5 Å². The molecule has 8 heteroatoms. The lowest BCUT2D eigenvalue weighted by Gasteiger charge is -2.21. The molecule has 1 N–H and O–H groups in total. The first-order chi connectivity index (χ1) is 13.4. The lowest BCUT2D eigenvalue weighted by Crippen LogP contribution is -2.35. The van der Waals surface area contributed by atoms with Crippen molar-refractivity contribution in [3.63, 3.8) is 0 Å². The maximum absolute atomic E-state index is 12.8. The molecule has 1 aliphatic heterocycles. The second-order valence-electron chi connectivity index (χ2n) is 6.95. The molecule has 2 aromatic carbocycles. The average molecular weight is 402 g/mol. The zero-order valence-corrected chi connectivity index (χ0v) is 16.4. The Morgan fingerprint density at radius 3 is 2.61 bits per heavy atom. The van der Waals surface area contributed by atoms with Gasteiger partial charge in [-0.2, -0.15) is 4.31 Å². The number of nitrogens with zero attached hydrogens (tertiary/aromatic N) is 1. The Morgan fingerprint density at radius 2 is 1.79 bits per heavy atom. The minimum Gasteiger partial charge on any atom is -0.486 e. The van der Waals surface area contributed by atoms with Crippen LogP contribution < -0.4 is 14.8 Å². The van der Waals surface area contributed by atoms with Crippen LogP contribution in [-0.4, -0.2) is 45.4 Å². The van der Waals surface area contributed by atoms with Crippen LogP contribution in [0.3, 0.4) is 0 Å².